The van der Waals surface area contributed by atoms with Gasteiger partial charge in [-0.25, -0.2) is 9.67 Å². The monoisotopic (exact) mass is 509 g/mol. The molecule has 0 saturated carbocycles. The number of H-pyrrole nitrogens is 1. The number of rotatable bonds is 8. The van der Waals surface area contributed by atoms with Crippen molar-refractivity contribution in [3.05, 3.63) is 62.8 Å². The Morgan fingerprint density at radius 2 is 2.03 bits per heavy atom. The van der Waals surface area contributed by atoms with Crippen LogP contribution in [0, 0.1) is 13.8 Å². The second-order valence-electron chi connectivity index (χ2n) is 9.76. The van der Waals surface area contributed by atoms with Crippen molar-refractivity contribution in [1.82, 2.24) is 30.0 Å². The molecule has 4 rings (SSSR count). The van der Waals surface area contributed by atoms with Gasteiger partial charge in [0.25, 0.3) is 11.5 Å². The van der Waals surface area contributed by atoms with E-state index in [1.807, 2.05) is 45.9 Å². The Labute approximate surface area is 215 Å². The van der Waals surface area contributed by atoms with Crippen LogP contribution in [-0.2, 0) is 11.3 Å². The first kappa shape index (κ1) is 26.7. The van der Waals surface area contributed by atoms with E-state index in [-0.39, 0.29) is 30.6 Å². The van der Waals surface area contributed by atoms with Crippen LogP contribution in [0.2, 0.25) is 0 Å². The average molecular weight is 510 g/mol. The third-order valence-corrected chi connectivity index (χ3v) is 6.71. The van der Waals surface area contributed by atoms with Crippen LogP contribution in [0.3, 0.4) is 0 Å². The van der Waals surface area contributed by atoms with Crippen molar-refractivity contribution in [1.29, 1.82) is 0 Å². The van der Waals surface area contributed by atoms with Crippen LogP contribution in [0.5, 0.6) is 0 Å². The molecule has 11 nitrogen and oxygen atoms in total. The van der Waals surface area contributed by atoms with E-state index < -0.39 is 12.3 Å². The number of aromatic amines is 1. The lowest BCUT2D eigenvalue weighted by molar-refractivity contribution is -0.139. The predicted molar refractivity (Wildman–Crippen MR) is 140 cm³/mol. The van der Waals surface area contributed by atoms with Gasteiger partial charge in [-0.05, 0) is 57.4 Å². The maximum absolute atomic E-state index is 12.4. The Morgan fingerprint density at radius 1 is 1.27 bits per heavy atom. The summed E-state index contributed by atoms with van der Waals surface area (Å²) in [5.41, 5.74) is 10.3. The summed E-state index contributed by atoms with van der Waals surface area (Å²) < 4.78 is 1.81. The molecule has 0 aliphatic carbocycles. The van der Waals surface area contributed by atoms with Gasteiger partial charge in [0.05, 0.1) is 11.9 Å². The van der Waals surface area contributed by atoms with Crippen LogP contribution in [0.25, 0.3) is 16.6 Å². The highest BCUT2D eigenvalue weighted by Crippen LogP contribution is 2.30. The normalized spacial score (nSPS) is 15.8. The molecule has 3 aromatic rings. The maximum atomic E-state index is 12.4. The standard InChI is InChI=1S/C26H35N7O4/c1-14(2)33-23-20(13-29-33)18(24(35)28-12-19-15(3)9-16(4)30-25(19)36)10-21(31-23)17-5-7-32(8-6-17)26(37)22(34)11-27/h5,9-10,13-14,22,24,28,34-35H,6-8,11-12,27H2,1-4H3,(H,30,36). The van der Waals surface area contributed by atoms with Crippen LogP contribution in [0.15, 0.2) is 29.2 Å². The van der Waals surface area contributed by atoms with Gasteiger partial charge in [-0.1, -0.05) is 6.08 Å². The number of nitrogens with one attached hydrogen (secondary N) is 2. The summed E-state index contributed by atoms with van der Waals surface area (Å²) in [5.74, 6) is -0.388. The Kier molecular flexibility index (Phi) is 7.88. The SMILES string of the molecule is Cc1cc(C)c(CNC(O)c2cc(C3=CCN(C(=O)C(O)CN)CC3)nc3c2cnn3C(C)C)c(=O)[nH]1. The zero-order chi connectivity index (χ0) is 26.9. The van der Waals surface area contributed by atoms with Gasteiger partial charge in [-0.3, -0.25) is 14.9 Å². The van der Waals surface area contributed by atoms with Gasteiger partial charge < -0.3 is 25.8 Å². The van der Waals surface area contributed by atoms with Crippen molar-refractivity contribution in [2.75, 3.05) is 19.6 Å². The number of carbonyl (C=O) groups excluding carboxylic acids is 1. The molecule has 2 atom stereocenters. The smallest absolute Gasteiger partial charge is 0.253 e. The predicted octanol–water partition coefficient (Wildman–Crippen LogP) is 1.03. The van der Waals surface area contributed by atoms with E-state index in [4.69, 9.17) is 10.7 Å². The Hall–Kier alpha value is -3.38. The molecular weight excluding hydrogens is 474 g/mol. The fourth-order valence-electron chi connectivity index (χ4n) is 4.63. The van der Waals surface area contributed by atoms with Crippen molar-refractivity contribution in [3.8, 4) is 0 Å². The fourth-order valence-corrected chi connectivity index (χ4v) is 4.63. The van der Waals surface area contributed by atoms with Crippen LogP contribution >= 0.6 is 0 Å². The lowest BCUT2D eigenvalue weighted by atomic mass is 10.0. The van der Waals surface area contributed by atoms with Crippen molar-refractivity contribution in [3.63, 3.8) is 0 Å². The highest BCUT2D eigenvalue weighted by atomic mass is 16.3. The molecule has 2 unspecified atom stereocenters. The summed E-state index contributed by atoms with van der Waals surface area (Å²) in [5, 5.41) is 29.3. The van der Waals surface area contributed by atoms with E-state index in [2.05, 4.69) is 15.4 Å². The summed E-state index contributed by atoms with van der Waals surface area (Å²) in [4.78, 5) is 34.0. The van der Waals surface area contributed by atoms with Crippen molar-refractivity contribution in [2.24, 2.45) is 5.73 Å². The van der Waals surface area contributed by atoms with Crippen molar-refractivity contribution < 1.29 is 15.0 Å². The molecule has 0 aromatic carbocycles. The fraction of sp³-hybridized carbons (Fsp3) is 0.462. The molecule has 1 aliphatic rings. The van der Waals surface area contributed by atoms with Crippen LogP contribution in [0.1, 0.15) is 60.6 Å². The molecule has 6 N–H and O–H groups in total. The molecule has 0 bridgehead atoms. The number of aliphatic hydroxyl groups excluding tert-OH is 2. The average Bonchev–Trinajstić information content (AvgIpc) is 3.31. The molecule has 0 saturated heterocycles. The number of aryl methyl sites for hydroxylation is 2. The Morgan fingerprint density at radius 3 is 2.65 bits per heavy atom. The van der Waals surface area contributed by atoms with Crippen molar-refractivity contribution >= 4 is 22.5 Å². The second kappa shape index (κ2) is 10.9. The molecule has 4 heterocycles. The number of amides is 1. The molecule has 1 aliphatic heterocycles. The molecule has 0 spiro atoms. The summed E-state index contributed by atoms with van der Waals surface area (Å²) in [6.07, 6.45) is 1.87. The first-order valence-corrected chi connectivity index (χ1v) is 12.5. The Balaban J connectivity index is 1.66. The first-order valence-electron chi connectivity index (χ1n) is 12.5. The number of nitrogens with zero attached hydrogens (tertiary/aromatic N) is 4. The highest BCUT2D eigenvalue weighted by Gasteiger charge is 2.25. The summed E-state index contributed by atoms with van der Waals surface area (Å²) in [6, 6.07) is 3.78. The number of carbonyl (C=O) groups is 1. The van der Waals surface area contributed by atoms with Crippen molar-refractivity contribution in [2.45, 2.75) is 59.0 Å². The van der Waals surface area contributed by atoms with E-state index >= 15 is 0 Å². The van der Waals surface area contributed by atoms with Gasteiger partial charge >= 0.3 is 0 Å². The topological polar surface area (TPSA) is 162 Å². The molecule has 0 radical (unpaired) electrons. The van der Waals surface area contributed by atoms with Gasteiger partial charge in [0, 0.05) is 54.4 Å². The Bertz CT molecular complexity index is 1390. The number of aliphatic hydroxyl groups is 2. The van der Waals surface area contributed by atoms with E-state index in [1.54, 1.807) is 15.8 Å². The van der Waals surface area contributed by atoms with E-state index in [1.165, 1.54) is 0 Å². The molecule has 37 heavy (non-hydrogen) atoms. The van der Waals surface area contributed by atoms with Crippen LogP contribution in [-0.4, -0.2) is 66.5 Å². The maximum Gasteiger partial charge on any atom is 0.253 e. The third kappa shape index (κ3) is 5.49. The molecule has 0 fully saturated rings. The highest BCUT2D eigenvalue weighted by molar-refractivity contribution is 5.84. The summed E-state index contributed by atoms with van der Waals surface area (Å²) in [7, 11) is 0. The van der Waals surface area contributed by atoms with Gasteiger partial charge in [0.1, 0.15) is 12.3 Å². The van der Waals surface area contributed by atoms with E-state index in [0.717, 1.165) is 16.8 Å². The lowest BCUT2D eigenvalue weighted by Crippen LogP contribution is -2.44. The second-order valence-corrected chi connectivity index (χ2v) is 9.76. The van der Waals surface area contributed by atoms with Gasteiger partial charge in [-0.15, -0.1) is 0 Å². The van der Waals surface area contributed by atoms with Gasteiger partial charge in [-0.2, -0.15) is 5.10 Å². The minimum Gasteiger partial charge on any atom is -0.382 e. The lowest BCUT2D eigenvalue weighted by Gasteiger charge is -2.28. The summed E-state index contributed by atoms with van der Waals surface area (Å²) in [6.45, 7) is 8.54. The molecule has 3 aromatic heterocycles. The van der Waals surface area contributed by atoms with E-state index in [0.29, 0.717) is 47.4 Å². The number of hydrogen-bond acceptors (Lipinski definition) is 8. The van der Waals surface area contributed by atoms with Gasteiger partial charge in [0.15, 0.2) is 5.65 Å². The quantitative estimate of drug-likeness (QED) is 0.281. The zero-order valence-corrected chi connectivity index (χ0v) is 21.7. The van der Waals surface area contributed by atoms with Crippen LogP contribution < -0.4 is 16.6 Å². The number of fused-ring (bicyclic) bond motifs is 1. The number of aromatic nitrogens is 4. The number of pyridine rings is 2. The third-order valence-electron chi connectivity index (χ3n) is 6.71. The van der Waals surface area contributed by atoms with Gasteiger partial charge in [0.2, 0.25) is 0 Å². The summed E-state index contributed by atoms with van der Waals surface area (Å²) >= 11 is 0. The molecule has 1 amide bonds. The minimum atomic E-state index is -1.21. The minimum absolute atomic E-state index is 0.0539. The van der Waals surface area contributed by atoms with E-state index in [9.17, 15) is 19.8 Å². The zero-order valence-electron chi connectivity index (χ0n) is 21.7. The number of nitrogens with two attached hydrogens (primary N) is 1. The molecule has 11 heteroatoms. The molecular formula is C26H35N7O4. The first-order chi connectivity index (χ1) is 17.6. The molecule has 198 valence electrons. The largest absolute Gasteiger partial charge is 0.382 e. The number of hydrogen-bond donors (Lipinski definition) is 5. The van der Waals surface area contributed by atoms with Crippen LogP contribution in [0.4, 0.5) is 0 Å².